The average molecular weight is 182 g/mol. The largest absolute Gasteiger partial charge is 0.388 e. The van der Waals surface area contributed by atoms with E-state index in [0.717, 1.165) is 0 Å². The summed E-state index contributed by atoms with van der Waals surface area (Å²) >= 11 is 0. The van der Waals surface area contributed by atoms with E-state index in [2.05, 4.69) is 0 Å². The van der Waals surface area contributed by atoms with E-state index in [1.54, 1.807) is 0 Å². The molecule has 0 bridgehead atoms. The predicted octanol–water partition coefficient (Wildman–Crippen LogP) is -1.11. The van der Waals surface area contributed by atoms with E-state index < -0.39 is 6.10 Å². The fourth-order valence-corrected chi connectivity index (χ4v) is 1.51. The van der Waals surface area contributed by atoms with Crippen molar-refractivity contribution in [2.24, 2.45) is 5.73 Å². The number of hydrogen-bond donors (Lipinski definition) is 2. The maximum Gasteiger partial charge on any atom is 0.113 e. The van der Waals surface area contributed by atoms with Crippen LogP contribution in [0.3, 0.4) is 0 Å². The lowest BCUT2D eigenvalue weighted by Crippen LogP contribution is -2.36. The second kappa shape index (κ2) is 3.25. The highest BCUT2D eigenvalue weighted by Gasteiger charge is 2.45. The Labute approximate surface area is 71.1 Å². The Morgan fingerprint density at radius 3 is 2.45 bits per heavy atom. The van der Waals surface area contributed by atoms with E-state index in [-0.39, 0.29) is 30.7 Å². The Balaban J connectivity index is 0.000000605. The lowest BCUT2D eigenvalue weighted by molar-refractivity contribution is 0.0182. The zero-order valence-corrected chi connectivity index (χ0v) is 6.79. The maximum absolute atomic E-state index is 9.21. The molecule has 0 saturated carbocycles. The van der Waals surface area contributed by atoms with Gasteiger partial charge in [0, 0.05) is 0 Å². The SMILES string of the molecule is Cl.N[C@H]1CO[C@H]2[C@@H]1OC[C@@H]2O. The lowest BCUT2D eigenvalue weighted by Gasteiger charge is -2.10. The second-order valence-corrected chi connectivity index (χ2v) is 2.83. The number of ether oxygens (including phenoxy) is 2. The highest BCUT2D eigenvalue weighted by atomic mass is 35.5. The molecule has 2 saturated heterocycles. The molecule has 2 aliphatic heterocycles. The van der Waals surface area contributed by atoms with E-state index in [1.807, 2.05) is 0 Å². The molecule has 3 N–H and O–H groups in total. The minimum absolute atomic E-state index is 0. The first kappa shape index (κ1) is 9.22. The molecule has 4 atom stereocenters. The fraction of sp³-hybridized carbons (Fsp3) is 1.00. The van der Waals surface area contributed by atoms with Crippen LogP contribution in [-0.2, 0) is 9.47 Å². The highest BCUT2D eigenvalue weighted by molar-refractivity contribution is 5.85. The van der Waals surface area contributed by atoms with Gasteiger partial charge in [-0.15, -0.1) is 12.4 Å². The van der Waals surface area contributed by atoms with Crippen molar-refractivity contribution in [2.45, 2.75) is 24.4 Å². The van der Waals surface area contributed by atoms with Crippen LogP contribution in [0.5, 0.6) is 0 Å². The van der Waals surface area contributed by atoms with Crippen LogP contribution < -0.4 is 5.73 Å². The normalized spacial score (nSPS) is 48.5. The first-order valence-electron chi connectivity index (χ1n) is 3.46. The van der Waals surface area contributed by atoms with E-state index in [1.165, 1.54) is 0 Å². The lowest BCUT2D eigenvalue weighted by atomic mass is 10.1. The summed E-state index contributed by atoms with van der Waals surface area (Å²) < 4.78 is 10.4. The first-order chi connectivity index (χ1) is 4.79. The molecule has 0 amide bonds. The predicted molar refractivity (Wildman–Crippen MR) is 40.7 cm³/mol. The van der Waals surface area contributed by atoms with Crippen LogP contribution >= 0.6 is 12.4 Å². The molecule has 0 spiro atoms. The summed E-state index contributed by atoms with van der Waals surface area (Å²) in [6.07, 6.45) is -0.719. The maximum atomic E-state index is 9.21. The first-order valence-corrected chi connectivity index (χ1v) is 3.46. The molecule has 0 unspecified atom stereocenters. The Morgan fingerprint density at radius 2 is 1.82 bits per heavy atom. The van der Waals surface area contributed by atoms with Gasteiger partial charge in [0.05, 0.1) is 19.3 Å². The van der Waals surface area contributed by atoms with Gasteiger partial charge in [0.2, 0.25) is 0 Å². The fourth-order valence-electron chi connectivity index (χ4n) is 1.51. The third kappa shape index (κ3) is 1.37. The summed E-state index contributed by atoms with van der Waals surface area (Å²) in [5, 5.41) is 9.21. The second-order valence-electron chi connectivity index (χ2n) is 2.83. The minimum atomic E-state index is -0.474. The molecule has 0 radical (unpaired) electrons. The van der Waals surface area contributed by atoms with Crippen molar-refractivity contribution in [1.29, 1.82) is 0 Å². The molecule has 4 nitrogen and oxygen atoms in total. The number of nitrogens with two attached hydrogens (primary N) is 1. The quantitative estimate of drug-likeness (QED) is 0.498. The van der Waals surface area contributed by atoms with Crippen LogP contribution in [0.25, 0.3) is 0 Å². The van der Waals surface area contributed by atoms with Gasteiger partial charge in [-0.1, -0.05) is 0 Å². The number of aliphatic hydroxyl groups is 1. The number of rotatable bonds is 0. The number of hydrogen-bond acceptors (Lipinski definition) is 4. The van der Waals surface area contributed by atoms with E-state index in [9.17, 15) is 5.11 Å². The Morgan fingerprint density at radius 1 is 1.18 bits per heavy atom. The Kier molecular flexibility index (Phi) is 2.72. The summed E-state index contributed by atoms with van der Waals surface area (Å²) in [7, 11) is 0. The van der Waals surface area contributed by atoms with Crippen LogP contribution in [0.4, 0.5) is 0 Å². The number of fused-ring (bicyclic) bond motifs is 1. The standard InChI is InChI=1S/C6H11NO3.ClH/c7-3-1-9-6-4(8)2-10-5(3)6;/h3-6,8H,1-2,7H2;1H/t3-,4-,5+,6+;/m0./s1. The summed E-state index contributed by atoms with van der Waals surface area (Å²) in [6, 6.07) is -0.0536. The highest BCUT2D eigenvalue weighted by Crippen LogP contribution is 2.25. The van der Waals surface area contributed by atoms with Crippen molar-refractivity contribution in [1.82, 2.24) is 0 Å². The van der Waals surface area contributed by atoms with Gasteiger partial charge < -0.3 is 20.3 Å². The third-order valence-electron chi connectivity index (χ3n) is 2.07. The summed E-state index contributed by atoms with van der Waals surface area (Å²) in [5.74, 6) is 0. The van der Waals surface area contributed by atoms with Crippen molar-refractivity contribution in [3.05, 3.63) is 0 Å². The summed E-state index contributed by atoms with van der Waals surface area (Å²) in [4.78, 5) is 0. The average Bonchev–Trinajstić information content (AvgIpc) is 2.41. The van der Waals surface area contributed by atoms with Crippen LogP contribution in [0, 0.1) is 0 Å². The van der Waals surface area contributed by atoms with Crippen LogP contribution in [0.15, 0.2) is 0 Å². The Bertz CT molecular complexity index is 130. The van der Waals surface area contributed by atoms with Gasteiger partial charge in [-0.3, -0.25) is 0 Å². The molecule has 0 aromatic carbocycles. The van der Waals surface area contributed by atoms with E-state index in [4.69, 9.17) is 15.2 Å². The van der Waals surface area contributed by atoms with Crippen LogP contribution in [0.2, 0.25) is 0 Å². The zero-order valence-electron chi connectivity index (χ0n) is 5.97. The monoisotopic (exact) mass is 181 g/mol. The van der Waals surface area contributed by atoms with Gasteiger partial charge in [-0.2, -0.15) is 0 Å². The molecule has 2 rings (SSSR count). The summed E-state index contributed by atoms with van der Waals surface area (Å²) in [6.45, 7) is 0.870. The molecule has 0 aromatic heterocycles. The summed E-state index contributed by atoms with van der Waals surface area (Å²) in [5.41, 5.74) is 5.62. The molecule has 2 aliphatic rings. The van der Waals surface area contributed by atoms with Gasteiger partial charge in [-0.05, 0) is 0 Å². The van der Waals surface area contributed by atoms with Gasteiger partial charge >= 0.3 is 0 Å². The van der Waals surface area contributed by atoms with Crippen molar-refractivity contribution in [2.75, 3.05) is 13.2 Å². The van der Waals surface area contributed by atoms with Crippen LogP contribution in [0.1, 0.15) is 0 Å². The zero-order chi connectivity index (χ0) is 7.14. The molecule has 66 valence electrons. The van der Waals surface area contributed by atoms with Gasteiger partial charge in [-0.25, -0.2) is 0 Å². The van der Waals surface area contributed by atoms with E-state index in [0.29, 0.717) is 13.2 Å². The number of aliphatic hydroxyl groups excluding tert-OH is 1. The molecule has 0 aromatic rings. The molecule has 0 aliphatic carbocycles. The van der Waals surface area contributed by atoms with E-state index >= 15 is 0 Å². The Hall–Kier alpha value is 0.130. The van der Waals surface area contributed by atoms with Gasteiger partial charge in [0.25, 0.3) is 0 Å². The minimum Gasteiger partial charge on any atom is -0.388 e. The topological polar surface area (TPSA) is 64.7 Å². The van der Waals surface area contributed by atoms with Crippen molar-refractivity contribution >= 4 is 12.4 Å². The van der Waals surface area contributed by atoms with Crippen molar-refractivity contribution < 1.29 is 14.6 Å². The van der Waals surface area contributed by atoms with Gasteiger partial charge in [0.15, 0.2) is 0 Å². The van der Waals surface area contributed by atoms with Crippen LogP contribution in [-0.4, -0.2) is 42.7 Å². The molecule has 5 heteroatoms. The van der Waals surface area contributed by atoms with Crippen molar-refractivity contribution in [3.8, 4) is 0 Å². The smallest absolute Gasteiger partial charge is 0.113 e. The molecule has 2 heterocycles. The molecule has 2 fully saturated rings. The number of halogens is 1. The molecule has 11 heavy (non-hydrogen) atoms. The third-order valence-corrected chi connectivity index (χ3v) is 2.07. The molecular weight excluding hydrogens is 170 g/mol. The molecular formula is C6H12ClNO3. The van der Waals surface area contributed by atoms with Gasteiger partial charge in [0.1, 0.15) is 18.3 Å². The van der Waals surface area contributed by atoms with Crippen molar-refractivity contribution in [3.63, 3.8) is 0 Å².